The van der Waals surface area contributed by atoms with Crippen molar-refractivity contribution in [3.63, 3.8) is 0 Å². The number of benzene rings is 3. The van der Waals surface area contributed by atoms with Crippen molar-refractivity contribution in [2.75, 3.05) is 53.7 Å². The van der Waals surface area contributed by atoms with Gasteiger partial charge in [0.1, 0.15) is 23.9 Å². The Balaban J connectivity index is 1.18. The van der Waals surface area contributed by atoms with Crippen molar-refractivity contribution in [3.8, 4) is 17.2 Å². The molecule has 238 valence electrons. The molecular formula is C36H47NO7. The van der Waals surface area contributed by atoms with E-state index >= 15 is 0 Å². The SMILES string of the molecule is COC(=O)CCC(C)c1ccccc1OCCOC1CNCCC1c1ccc(OCCCOCc2ccccc2OC)cc1. The highest BCUT2D eigenvalue weighted by molar-refractivity contribution is 5.69. The monoisotopic (exact) mass is 605 g/mol. The Morgan fingerprint density at radius 3 is 2.45 bits per heavy atom. The third-order valence-corrected chi connectivity index (χ3v) is 8.02. The summed E-state index contributed by atoms with van der Waals surface area (Å²) in [5.74, 6) is 2.84. The van der Waals surface area contributed by atoms with Crippen LogP contribution >= 0.6 is 0 Å². The van der Waals surface area contributed by atoms with E-state index in [1.54, 1.807) is 7.11 Å². The molecule has 0 spiro atoms. The summed E-state index contributed by atoms with van der Waals surface area (Å²) >= 11 is 0. The van der Waals surface area contributed by atoms with Crippen molar-refractivity contribution in [2.24, 2.45) is 0 Å². The zero-order valence-corrected chi connectivity index (χ0v) is 26.3. The standard InChI is InChI=1S/C36H47NO7/c1-27(13-18-36(38)40-3)31-10-5-7-12-34(31)43-23-24-44-35-25-37-20-19-32(35)28-14-16-30(17-15-28)42-22-8-21-41-26-29-9-4-6-11-33(29)39-2/h4-7,9-12,14-17,27,32,35,37H,8,13,18-26H2,1-3H3. The second-order valence-electron chi connectivity index (χ2n) is 11.0. The van der Waals surface area contributed by atoms with Gasteiger partial charge in [-0.05, 0) is 60.7 Å². The predicted octanol–water partition coefficient (Wildman–Crippen LogP) is 6.28. The van der Waals surface area contributed by atoms with E-state index in [0.717, 1.165) is 54.3 Å². The van der Waals surface area contributed by atoms with Gasteiger partial charge in [0, 0.05) is 30.9 Å². The number of hydrogen-bond donors (Lipinski definition) is 1. The van der Waals surface area contributed by atoms with Crippen LogP contribution in [0.1, 0.15) is 61.1 Å². The van der Waals surface area contributed by atoms with Gasteiger partial charge in [-0.1, -0.05) is 55.5 Å². The number of nitrogens with one attached hydrogen (secondary N) is 1. The van der Waals surface area contributed by atoms with Crippen LogP contribution in [-0.4, -0.2) is 65.8 Å². The normalized spacial score (nSPS) is 17.1. The molecule has 0 saturated carbocycles. The lowest BCUT2D eigenvalue weighted by Gasteiger charge is -2.32. The van der Waals surface area contributed by atoms with E-state index in [4.69, 9.17) is 28.4 Å². The van der Waals surface area contributed by atoms with Gasteiger partial charge >= 0.3 is 5.97 Å². The van der Waals surface area contributed by atoms with Crippen LogP contribution in [0, 0.1) is 0 Å². The van der Waals surface area contributed by atoms with Gasteiger partial charge in [0.05, 0.1) is 46.8 Å². The Kier molecular flexibility index (Phi) is 13.8. The van der Waals surface area contributed by atoms with Gasteiger partial charge in [-0.25, -0.2) is 0 Å². The molecule has 3 aromatic rings. The van der Waals surface area contributed by atoms with Crippen LogP contribution in [0.15, 0.2) is 72.8 Å². The van der Waals surface area contributed by atoms with Crippen LogP contribution in [0.25, 0.3) is 0 Å². The minimum absolute atomic E-state index is 0.0636. The van der Waals surface area contributed by atoms with Gasteiger partial charge in [-0.3, -0.25) is 4.79 Å². The summed E-state index contributed by atoms with van der Waals surface area (Å²) in [6.07, 6.45) is 2.98. The Morgan fingerprint density at radius 2 is 1.66 bits per heavy atom. The zero-order valence-electron chi connectivity index (χ0n) is 26.3. The molecule has 0 bridgehead atoms. The molecule has 1 heterocycles. The van der Waals surface area contributed by atoms with Crippen molar-refractivity contribution in [3.05, 3.63) is 89.5 Å². The van der Waals surface area contributed by atoms with Crippen LogP contribution in [0.2, 0.25) is 0 Å². The Morgan fingerprint density at radius 1 is 0.886 bits per heavy atom. The first-order valence-electron chi connectivity index (χ1n) is 15.6. The first kappa shape index (κ1) is 33.3. The van der Waals surface area contributed by atoms with Crippen molar-refractivity contribution in [1.29, 1.82) is 0 Å². The molecule has 8 heteroatoms. The fraction of sp³-hybridized carbons (Fsp3) is 0.472. The molecule has 0 radical (unpaired) electrons. The number of methoxy groups -OCH3 is 2. The van der Waals surface area contributed by atoms with Crippen LogP contribution < -0.4 is 19.5 Å². The lowest BCUT2D eigenvalue weighted by atomic mass is 9.88. The third kappa shape index (κ3) is 10.3. The predicted molar refractivity (Wildman–Crippen MR) is 171 cm³/mol. The van der Waals surface area contributed by atoms with Crippen molar-refractivity contribution in [1.82, 2.24) is 5.32 Å². The van der Waals surface area contributed by atoms with E-state index in [1.165, 1.54) is 12.7 Å². The molecule has 1 aliphatic rings. The Bertz CT molecular complexity index is 1270. The number of rotatable bonds is 18. The van der Waals surface area contributed by atoms with Gasteiger partial charge in [-0.15, -0.1) is 0 Å². The fourth-order valence-electron chi connectivity index (χ4n) is 5.52. The van der Waals surface area contributed by atoms with E-state index < -0.39 is 0 Å². The minimum atomic E-state index is -0.191. The second-order valence-corrected chi connectivity index (χ2v) is 11.0. The molecule has 0 amide bonds. The largest absolute Gasteiger partial charge is 0.496 e. The highest BCUT2D eigenvalue weighted by Gasteiger charge is 2.27. The van der Waals surface area contributed by atoms with Crippen molar-refractivity contribution >= 4 is 5.97 Å². The molecule has 1 fully saturated rings. The third-order valence-electron chi connectivity index (χ3n) is 8.02. The average Bonchev–Trinajstić information content (AvgIpc) is 3.07. The molecule has 1 N–H and O–H groups in total. The first-order chi connectivity index (χ1) is 21.6. The number of carbonyl (C=O) groups excluding carboxylic acids is 1. The molecule has 1 aliphatic heterocycles. The maximum absolute atomic E-state index is 11.6. The molecule has 3 unspecified atom stereocenters. The van der Waals surface area contributed by atoms with Crippen LogP contribution in [0.5, 0.6) is 17.2 Å². The zero-order chi connectivity index (χ0) is 31.0. The van der Waals surface area contributed by atoms with E-state index in [9.17, 15) is 4.79 Å². The number of carbonyl (C=O) groups is 1. The molecule has 3 aromatic carbocycles. The van der Waals surface area contributed by atoms with Gasteiger partial charge in [-0.2, -0.15) is 0 Å². The molecule has 8 nitrogen and oxygen atoms in total. The fourth-order valence-corrected chi connectivity index (χ4v) is 5.52. The van der Waals surface area contributed by atoms with E-state index in [2.05, 4.69) is 30.4 Å². The topological polar surface area (TPSA) is 84.5 Å². The number of para-hydroxylation sites is 2. The number of hydrogen-bond acceptors (Lipinski definition) is 8. The van der Waals surface area contributed by atoms with Crippen molar-refractivity contribution < 1.29 is 33.2 Å². The summed E-state index contributed by atoms with van der Waals surface area (Å²) in [7, 11) is 3.10. The smallest absolute Gasteiger partial charge is 0.305 e. The van der Waals surface area contributed by atoms with E-state index in [0.29, 0.717) is 51.8 Å². The van der Waals surface area contributed by atoms with Gasteiger partial charge in [0.25, 0.3) is 0 Å². The second kappa shape index (κ2) is 18.3. The summed E-state index contributed by atoms with van der Waals surface area (Å²) in [5, 5.41) is 3.47. The molecule has 3 atom stereocenters. The van der Waals surface area contributed by atoms with Gasteiger partial charge in [0.2, 0.25) is 0 Å². The van der Waals surface area contributed by atoms with Crippen LogP contribution in [0.4, 0.5) is 0 Å². The van der Waals surface area contributed by atoms with Crippen LogP contribution in [-0.2, 0) is 25.6 Å². The summed E-state index contributed by atoms with van der Waals surface area (Å²) in [5.41, 5.74) is 3.40. The molecule has 1 saturated heterocycles. The summed E-state index contributed by atoms with van der Waals surface area (Å²) in [4.78, 5) is 11.6. The summed E-state index contributed by atoms with van der Waals surface area (Å²) in [6.45, 7) is 6.56. The highest BCUT2D eigenvalue weighted by atomic mass is 16.5. The van der Waals surface area contributed by atoms with E-state index in [-0.39, 0.29) is 18.0 Å². The minimum Gasteiger partial charge on any atom is -0.496 e. The first-order valence-corrected chi connectivity index (χ1v) is 15.6. The summed E-state index contributed by atoms with van der Waals surface area (Å²) < 4.78 is 34.4. The molecular weight excluding hydrogens is 558 g/mol. The quantitative estimate of drug-likeness (QED) is 0.134. The molecule has 0 aliphatic carbocycles. The lowest BCUT2D eigenvalue weighted by molar-refractivity contribution is -0.140. The average molecular weight is 606 g/mol. The maximum Gasteiger partial charge on any atom is 0.305 e. The number of esters is 1. The number of piperidine rings is 1. The summed E-state index contributed by atoms with van der Waals surface area (Å²) in [6, 6.07) is 24.3. The van der Waals surface area contributed by atoms with Crippen LogP contribution in [0.3, 0.4) is 0 Å². The lowest BCUT2D eigenvalue weighted by Crippen LogP contribution is -2.41. The Hall–Kier alpha value is -3.59. The molecule has 4 rings (SSSR count). The number of ether oxygens (including phenoxy) is 6. The van der Waals surface area contributed by atoms with Crippen molar-refractivity contribution in [2.45, 2.75) is 57.2 Å². The molecule has 0 aromatic heterocycles. The molecule has 44 heavy (non-hydrogen) atoms. The van der Waals surface area contributed by atoms with Gasteiger partial charge < -0.3 is 33.7 Å². The Labute approximate surface area is 262 Å². The van der Waals surface area contributed by atoms with Gasteiger partial charge in [0.15, 0.2) is 0 Å². The highest BCUT2D eigenvalue weighted by Crippen LogP contribution is 2.31. The van der Waals surface area contributed by atoms with E-state index in [1.807, 2.05) is 54.6 Å². The maximum atomic E-state index is 11.6.